The van der Waals surface area contributed by atoms with E-state index in [0.29, 0.717) is 12.6 Å². The molecule has 126 valence electrons. The summed E-state index contributed by atoms with van der Waals surface area (Å²) >= 11 is 0. The summed E-state index contributed by atoms with van der Waals surface area (Å²) in [6, 6.07) is 8.92. The van der Waals surface area contributed by atoms with Crippen LogP contribution in [0.1, 0.15) is 31.9 Å². The van der Waals surface area contributed by atoms with Gasteiger partial charge in [0.25, 0.3) is 0 Å². The molecule has 1 aromatic carbocycles. The highest BCUT2D eigenvalue weighted by Crippen LogP contribution is 2.29. The molecule has 22 heavy (non-hydrogen) atoms. The summed E-state index contributed by atoms with van der Waals surface area (Å²) in [7, 11) is 0. The van der Waals surface area contributed by atoms with E-state index in [1.807, 2.05) is 13.0 Å². The van der Waals surface area contributed by atoms with Gasteiger partial charge in [-0.25, -0.2) is 0 Å². The summed E-state index contributed by atoms with van der Waals surface area (Å²) in [6.07, 6.45) is 1.01. The zero-order chi connectivity index (χ0) is 14.4. The van der Waals surface area contributed by atoms with Gasteiger partial charge in [-0.2, -0.15) is 0 Å². The van der Waals surface area contributed by atoms with Crippen LogP contribution < -0.4 is 10.1 Å². The summed E-state index contributed by atoms with van der Waals surface area (Å²) in [5.74, 6) is 0.965. The van der Waals surface area contributed by atoms with Crippen LogP contribution in [-0.4, -0.2) is 37.7 Å². The Labute approximate surface area is 146 Å². The molecule has 1 aliphatic heterocycles. The van der Waals surface area contributed by atoms with Crippen molar-refractivity contribution in [1.82, 2.24) is 10.2 Å². The van der Waals surface area contributed by atoms with E-state index in [1.54, 1.807) is 0 Å². The van der Waals surface area contributed by atoms with Crippen molar-refractivity contribution in [3.8, 4) is 5.75 Å². The lowest BCUT2D eigenvalue weighted by Gasteiger charge is -2.35. The fourth-order valence-electron chi connectivity index (χ4n) is 2.76. The van der Waals surface area contributed by atoms with Gasteiger partial charge >= 0.3 is 0 Å². The van der Waals surface area contributed by atoms with Gasteiger partial charge < -0.3 is 10.1 Å². The monoisotopic (exact) mass is 346 g/mol. The maximum absolute atomic E-state index is 5.64. The van der Waals surface area contributed by atoms with Crippen molar-refractivity contribution in [3.05, 3.63) is 42.0 Å². The van der Waals surface area contributed by atoms with Gasteiger partial charge in [0, 0.05) is 32.2 Å². The molecule has 1 heterocycles. The van der Waals surface area contributed by atoms with Crippen molar-refractivity contribution in [2.75, 3.05) is 32.8 Å². The summed E-state index contributed by atoms with van der Waals surface area (Å²) in [6.45, 7) is 13.3. The van der Waals surface area contributed by atoms with E-state index < -0.39 is 0 Å². The summed E-state index contributed by atoms with van der Waals surface area (Å²) in [5.41, 5.74) is 2.57. The zero-order valence-electron chi connectivity index (χ0n) is 13.5. The van der Waals surface area contributed by atoms with Crippen molar-refractivity contribution in [2.45, 2.75) is 26.3 Å². The molecule has 1 saturated heterocycles. The van der Waals surface area contributed by atoms with Crippen LogP contribution in [-0.2, 0) is 0 Å². The molecule has 1 aromatic rings. The van der Waals surface area contributed by atoms with Crippen LogP contribution in [0.4, 0.5) is 0 Å². The van der Waals surface area contributed by atoms with E-state index in [9.17, 15) is 0 Å². The SMILES string of the molecule is C=C(C)C[C@@H](c1cccc(OCC)c1)N1CCNCC1.Cl.Cl. The Balaban J connectivity index is 0.00000220. The van der Waals surface area contributed by atoms with Gasteiger partial charge in [0.2, 0.25) is 0 Å². The lowest BCUT2D eigenvalue weighted by molar-refractivity contribution is 0.172. The Hall–Kier alpha value is -0.740. The minimum Gasteiger partial charge on any atom is -0.494 e. The van der Waals surface area contributed by atoms with E-state index >= 15 is 0 Å². The maximum atomic E-state index is 5.64. The third-order valence-electron chi connectivity index (χ3n) is 3.69. The fourth-order valence-corrected chi connectivity index (χ4v) is 2.76. The number of nitrogens with zero attached hydrogens (tertiary/aromatic N) is 1. The molecule has 2 rings (SSSR count). The van der Waals surface area contributed by atoms with Crippen molar-refractivity contribution in [2.24, 2.45) is 0 Å². The summed E-state index contributed by atoms with van der Waals surface area (Å²) < 4.78 is 5.64. The number of benzene rings is 1. The molecule has 0 saturated carbocycles. The average Bonchev–Trinajstić information content (AvgIpc) is 2.46. The first-order valence-electron chi connectivity index (χ1n) is 7.52. The first-order valence-corrected chi connectivity index (χ1v) is 7.52. The third kappa shape index (κ3) is 6.17. The molecule has 0 aliphatic carbocycles. The lowest BCUT2D eigenvalue weighted by Crippen LogP contribution is -2.45. The Morgan fingerprint density at radius 2 is 2.00 bits per heavy atom. The second-order valence-corrected chi connectivity index (χ2v) is 5.47. The molecule has 1 atom stereocenters. The second-order valence-electron chi connectivity index (χ2n) is 5.47. The van der Waals surface area contributed by atoms with Crippen LogP contribution in [0.3, 0.4) is 0 Å². The van der Waals surface area contributed by atoms with Crippen LogP contribution in [0.5, 0.6) is 5.75 Å². The number of hydrogen-bond donors (Lipinski definition) is 1. The van der Waals surface area contributed by atoms with E-state index in [1.165, 1.54) is 11.1 Å². The predicted molar refractivity (Wildman–Crippen MR) is 98.7 cm³/mol. The molecule has 1 aliphatic rings. The molecular weight excluding hydrogens is 319 g/mol. The molecule has 0 spiro atoms. The largest absolute Gasteiger partial charge is 0.494 e. The molecular formula is C17H28Cl2N2O. The molecule has 0 radical (unpaired) electrons. The van der Waals surface area contributed by atoms with Gasteiger partial charge in [-0.05, 0) is 38.0 Å². The fraction of sp³-hybridized carbons (Fsp3) is 0.529. The highest BCUT2D eigenvalue weighted by atomic mass is 35.5. The molecule has 0 aromatic heterocycles. The van der Waals surface area contributed by atoms with Gasteiger partial charge in [0.15, 0.2) is 0 Å². The van der Waals surface area contributed by atoms with Gasteiger partial charge in [-0.1, -0.05) is 17.7 Å². The van der Waals surface area contributed by atoms with Crippen LogP contribution in [0.25, 0.3) is 0 Å². The Morgan fingerprint density at radius 3 is 2.59 bits per heavy atom. The third-order valence-corrected chi connectivity index (χ3v) is 3.69. The van der Waals surface area contributed by atoms with E-state index in [-0.39, 0.29) is 24.8 Å². The summed E-state index contributed by atoms with van der Waals surface area (Å²) in [5, 5.41) is 3.42. The molecule has 0 bridgehead atoms. The van der Waals surface area contributed by atoms with Gasteiger partial charge in [-0.15, -0.1) is 31.4 Å². The molecule has 3 nitrogen and oxygen atoms in total. The Morgan fingerprint density at radius 1 is 1.32 bits per heavy atom. The average molecular weight is 347 g/mol. The van der Waals surface area contributed by atoms with Crippen molar-refractivity contribution < 1.29 is 4.74 Å². The van der Waals surface area contributed by atoms with Gasteiger partial charge in [-0.3, -0.25) is 4.90 Å². The normalized spacial score (nSPS) is 16.1. The zero-order valence-corrected chi connectivity index (χ0v) is 15.1. The highest BCUT2D eigenvalue weighted by Gasteiger charge is 2.22. The Kier molecular flexibility index (Phi) is 10.5. The number of rotatable bonds is 6. The summed E-state index contributed by atoms with van der Waals surface area (Å²) in [4.78, 5) is 2.55. The van der Waals surface area contributed by atoms with E-state index in [0.717, 1.165) is 38.3 Å². The second kappa shape index (κ2) is 10.9. The molecule has 0 amide bonds. The van der Waals surface area contributed by atoms with Crippen molar-refractivity contribution >= 4 is 24.8 Å². The van der Waals surface area contributed by atoms with Crippen LogP contribution in [0.15, 0.2) is 36.4 Å². The highest BCUT2D eigenvalue weighted by molar-refractivity contribution is 5.85. The number of piperazine rings is 1. The predicted octanol–water partition coefficient (Wildman–Crippen LogP) is 3.84. The topological polar surface area (TPSA) is 24.5 Å². The number of halogens is 2. The quantitative estimate of drug-likeness (QED) is 0.792. The van der Waals surface area contributed by atoms with Crippen molar-refractivity contribution in [1.29, 1.82) is 0 Å². The molecule has 5 heteroatoms. The number of ether oxygens (including phenoxy) is 1. The first-order chi connectivity index (χ1) is 9.70. The minimum atomic E-state index is 0. The van der Waals surface area contributed by atoms with Crippen LogP contribution in [0.2, 0.25) is 0 Å². The van der Waals surface area contributed by atoms with Gasteiger partial charge in [0.1, 0.15) is 5.75 Å². The molecule has 1 fully saturated rings. The molecule has 1 N–H and O–H groups in total. The van der Waals surface area contributed by atoms with Crippen LogP contribution >= 0.6 is 24.8 Å². The smallest absolute Gasteiger partial charge is 0.119 e. The minimum absolute atomic E-state index is 0. The maximum Gasteiger partial charge on any atom is 0.119 e. The van der Waals surface area contributed by atoms with E-state index in [2.05, 4.69) is 41.9 Å². The lowest BCUT2D eigenvalue weighted by atomic mass is 9.98. The number of nitrogens with one attached hydrogen (secondary N) is 1. The first kappa shape index (κ1) is 21.3. The number of hydrogen-bond acceptors (Lipinski definition) is 3. The van der Waals surface area contributed by atoms with Crippen molar-refractivity contribution in [3.63, 3.8) is 0 Å². The Bertz CT molecular complexity index is 448. The van der Waals surface area contributed by atoms with Gasteiger partial charge in [0.05, 0.1) is 6.61 Å². The molecule has 0 unspecified atom stereocenters. The van der Waals surface area contributed by atoms with Crippen LogP contribution in [0, 0.1) is 0 Å². The standard InChI is InChI=1S/C17H26N2O.2ClH/c1-4-20-16-7-5-6-15(13-16)17(12-14(2)3)19-10-8-18-9-11-19;;/h5-7,13,17-18H,2,4,8-12H2,1,3H3;2*1H/t17-;;/m0../s1. The van der Waals surface area contributed by atoms with E-state index in [4.69, 9.17) is 4.74 Å².